The van der Waals surface area contributed by atoms with Crippen LogP contribution in [0.1, 0.15) is 5.56 Å². The molecule has 0 fully saturated rings. The molecule has 0 atom stereocenters. The van der Waals surface area contributed by atoms with Crippen molar-refractivity contribution in [2.45, 2.75) is 6.54 Å². The van der Waals surface area contributed by atoms with Crippen LogP contribution in [0.4, 0.5) is 5.82 Å². The normalized spacial score (nSPS) is 10.9. The molecule has 0 aliphatic rings. The molecule has 1 N–H and O–H groups in total. The summed E-state index contributed by atoms with van der Waals surface area (Å²) in [5.41, 5.74) is 1.20. The largest absolute Gasteiger partial charge is 0.373 e. The summed E-state index contributed by atoms with van der Waals surface area (Å²) in [5, 5.41) is 15.4. The monoisotopic (exact) mass is 271 g/mol. The van der Waals surface area contributed by atoms with E-state index in [1.807, 2.05) is 12.1 Å². The maximum absolute atomic E-state index is 12.3. The summed E-state index contributed by atoms with van der Waals surface area (Å²) in [6, 6.07) is 3.70. The molecule has 0 unspecified atom stereocenters. The minimum Gasteiger partial charge on any atom is -0.373 e. The van der Waals surface area contributed by atoms with Crippen LogP contribution in [0.15, 0.2) is 29.3 Å². The van der Waals surface area contributed by atoms with Gasteiger partial charge in [-0.15, -0.1) is 5.10 Å². The second-order valence-corrected chi connectivity index (χ2v) is 4.36. The molecule has 0 bridgehead atoms. The van der Waals surface area contributed by atoms with E-state index in [-0.39, 0.29) is 5.56 Å². The zero-order valence-electron chi connectivity index (χ0n) is 11.1. The van der Waals surface area contributed by atoms with E-state index in [0.29, 0.717) is 17.6 Å². The van der Waals surface area contributed by atoms with Gasteiger partial charge in [-0.2, -0.15) is 5.10 Å². The van der Waals surface area contributed by atoms with E-state index in [4.69, 9.17) is 0 Å². The van der Waals surface area contributed by atoms with Gasteiger partial charge in [0.2, 0.25) is 0 Å². The van der Waals surface area contributed by atoms with Gasteiger partial charge < -0.3 is 5.32 Å². The first-order valence-corrected chi connectivity index (χ1v) is 6.07. The van der Waals surface area contributed by atoms with Crippen LogP contribution < -0.4 is 10.9 Å². The van der Waals surface area contributed by atoms with E-state index in [2.05, 4.69) is 25.7 Å². The summed E-state index contributed by atoms with van der Waals surface area (Å²) in [6.45, 7) is 0.341. The molecular formula is C12H13N7O. The van der Waals surface area contributed by atoms with Crippen molar-refractivity contribution in [2.75, 3.05) is 12.4 Å². The molecule has 0 amide bonds. The van der Waals surface area contributed by atoms with Crippen LogP contribution in [0.5, 0.6) is 0 Å². The van der Waals surface area contributed by atoms with Crippen LogP contribution in [-0.2, 0) is 13.6 Å². The highest BCUT2D eigenvalue weighted by Crippen LogP contribution is 2.07. The molecule has 0 aliphatic heterocycles. The molecule has 0 spiro atoms. The average Bonchev–Trinajstić information content (AvgIpc) is 2.84. The molecule has 0 aromatic carbocycles. The van der Waals surface area contributed by atoms with Crippen molar-refractivity contribution in [3.8, 4) is 0 Å². The van der Waals surface area contributed by atoms with Crippen molar-refractivity contribution >= 4 is 16.9 Å². The van der Waals surface area contributed by atoms with Crippen molar-refractivity contribution < 1.29 is 0 Å². The molecule has 0 saturated heterocycles. The Labute approximate surface area is 114 Å². The van der Waals surface area contributed by atoms with E-state index >= 15 is 0 Å². The number of nitrogens with zero attached hydrogens (tertiary/aromatic N) is 6. The Morgan fingerprint density at radius 2 is 2.25 bits per heavy atom. The van der Waals surface area contributed by atoms with E-state index in [1.165, 1.54) is 15.6 Å². The van der Waals surface area contributed by atoms with Gasteiger partial charge in [0.15, 0.2) is 5.65 Å². The van der Waals surface area contributed by atoms with Gasteiger partial charge in [0, 0.05) is 20.3 Å². The average molecular weight is 271 g/mol. The molecule has 0 saturated carbocycles. The third-order valence-electron chi connectivity index (χ3n) is 3.03. The molecule has 3 rings (SSSR count). The molecule has 8 nitrogen and oxygen atoms in total. The van der Waals surface area contributed by atoms with E-state index in [0.717, 1.165) is 11.4 Å². The van der Waals surface area contributed by atoms with Gasteiger partial charge in [0.25, 0.3) is 5.56 Å². The number of aromatic nitrogens is 6. The molecule has 3 aromatic heterocycles. The van der Waals surface area contributed by atoms with Crippen LogP contribution in [0, 0.1) is 0 Å². The molecule has 102 valence electrons. The fraction of sp³-hybridized carbons (Fsp3) is 0.250. The number of aryl methyl sites for hydroxylation is 1. The standard InChI is InChI=1S/C12H13N7O/c1-13-10-5-8(3-4-14-10)7-19-12(20)9-6-15-18(2)11(9)16-17-19/h3-6H,7H2,1-2H3,(H,13,14). The third kappa shape index (κ3) is 2.00. The lowest BCUT2D eigenvalue weighted by molar-refractivity contribution is 0.595. The predicted molar refractivity (Wildman–Crippen MR) is 73.4 cm³/mol. The van der Waals surface area contributed by atoms with Crippen molar-refractivity contribution in [1.82, 2.24) is 29.8 Å². The first-order chi connectivity index (χ1) is 9.69. The van der Waals surface area contributed by atoms with Gasteiger partial charge in [0.05, 0.1) is 12.7 Å². The molecular weight excluding hydrogens is 258 g/mol. The van der Waals surface area contributed by atoms with Crippen LogP contribution in [-0.4, -0.2) is 36.8 Å². The Bertz CT molecular complexity index is 820. The van der Waals surface area contributed by atoms with Crippen molar-refractivity contribution in [3.63, 3.8) is 0 Å². The maximum atomic E-state index is 12.3. The Balaban J connectivity index is 2.02. The summed E-state index contributed by atoms with van der Waals surface area (Å²) in [5.74, 6) is 0.742. The van der Waals surface area contributed by atoms with Crippen LogP contribution in [0.3, 0.4) is 0 Å². The summed E-state index contributed by atoms with van der Waals surface area (Å²) >= 11 is 0. The van der Waals surface area contributed by atoms with Gasteiger partial charge in [-0.25, -0.2) is 14.3 Å². The van der Waals surface area contributed by atoms with E-state index in [9.17, 15) is 4.79 Å². The minimum atomic E-state index is -0.203. The van der Waals surface area contributed by atoms with Crippen LogP contribution in [0.2, 0.25) is 0 Å². The topological polar surface area (TPSA) is 90.5 Å². The highest BCUT2D eigenvalue weighted by Gasteiger charge is 2.09. The minimum absolute atomic E-state index is 0.203. The zero-order valence-corrected chi connectivity index (χ0v) is 11.1. The lowest BCUT2D eigenvalue weighted by Gasteiger charge is -2.05. The summed E-state index contributed by atoms with van der Waals surface area (Å²) < 4.78 is 2.85. The molecule has 20 heavy (non-hydrogen) atoms. The number of hydrogen-bond donors (Lipinski definition) is 1. The molecule has 0 aliphatic carbocycles. The van der Waals surface area contributed by atoms with Gasteiger partial charge in [-0.1, -0.05) is 5.21 Å². The number of rotatable bonds is 3. The third-order valence-corrected chi connectivity index (χ3v) is 3.03. The van der Waals surface area contributed by atoms with Crippen LogP contribution in [0.25, 0.3) is 11.0 Å². The van der Waals surface area contributed by atoms with Crippen molar-refractivity contribution in [3.05, 3.63) is 40.4 Å². The van der Waals surface area contributed by atoms with Gasteiger partial charge in [0.1, 0.15) is 11.2 Å². The quantitative estimate of drug-likeness (QED) is 0.721. The fourth-order valence-corrected chi connectivity index (χ4v) is 1.96. The van der Waals surface area contributed by atoms with Crippen LogP contribution >= 0.6 is 0 Å². The molecule has 3 heterocycles. The van der Waals surface area contributed by atoms with Gasteiger partial charge in [-0.3, -0.25) is 4.79 Å². The number of pyridine rings is 1. The molecule has 0 radical (unpaired) electrons. The number of anilines is 1. The highest BCUT2D eigenvalue weighted by molar-refractivity contribution is 5.72. The number of hydrogen-bond acceptors (Lipinski definition) is 6. The Kier molecular flexibility index (Phi) is 2.90. The second kappa shape index (κ2) is 4.72. The van der Waals surface area contributed by atoms with Crippen molar-refractivity contribution in [1.29, 1.82) is 0 Å². The Morgan fingerprint density at radius 1 is 1.40 bits per heavy atom. The Hall–Kier alpha value is -2.77. The Morgan fingerprint density at radius 3 is 3.05 bits per heavy atom. The maximum Gasteiger partial charge on any atom is 0.281 e. The zero-order chi connectivity index (χ0) is 14.1. The van der Waals surface area contributed by atoms with Gasteiger partial charge in [-0.05, 0) is 17.7 Å². The molecule has 8 heteroatoms. The smallest absolute Gasteiger partial charge is 0.281 e. The van der Waals surface area contributed by atoms with Gasteiger partial charge >= 0.3 is 0 Å². The lowest BCUT2D eigenvalue weighted by Crippen LogP contribution is -2.24. The van der Waals surface area contributed by atoms with E-state index < -0.39 is 0 Å². The van der Waals surface area contributed by atoms with Crippen molar-refractivity contribution in [2.24, 2.45) is 7.05 Å². The SMILES string of the molecule is CNc1cc(Cn2nnc3c(cnn3C)c2=O)ccn1. The molecule has 3 aromatic rings. The predicted octanol–water partition coefficient (Wildman–Crippen LogP) is 0.01000. The second-order valence-electron chi connectivity index (χ2n) is 4.36. The lowest BCUT2D eigenvalue weighted by atomic mass is 10.2. The first-order valence-electron chi connectivity index (χ1n) is 6.07. The van der Waals surface area contributed by atoms with E-state index in [1.54, 1.807) is 20.3 Å². The first kappa shape index (κ1) is 12.3. The summed E-state index contributed by atoms with van der Waals surface area (Å²) in [7, 11) is 3.52. The summed E-state index contributed by atoms with van der Waals surface area (Å²) in [6.07, 6.45) is 3.19. The number of fused-ring (bicyclic) bond motifs is 1. The summed E-state index contributed by atoms with van der Waals surface area (Å²) in [4.78, 5) is 16.4. The highest BCUT2D eigenvalue weighted by atomic mass is 16.1. The number of nitrogens with one attached hydrogen (secondary N) is 1. The fourth-order valence-electron chi connectivity index (χ4n) is 1.96.